The molecule has 3 atom stereocenters. The van der Waals surface area contributed by atoms with Gasteiger partial charge in [-0.25, -0.2) is 0 Å². The van der Waals surface area contributed by atoms with E-state index in [1.165, 1.54) is 20.1 Å². The van der Waals surface area contributed by atoms with Crippen LogP contribution >= 0.6 is 0 Å². The van der Waals surface area contributed by atoms with Crippen molar-refractivity contribution < 1.29 is 23.8 Å². The van der Waals surface area contributed by atoms with Crippen molar-refractivity contribution in [2.75, 3.05) is 32.0 Å². The molecule has 1 aliphatic rings. The van der Waals surface area contributed by atoms with Gasteiger partial charge in [0, 0.05) is 18.4 Å². The normalized spacial score (nSPS) is 15.2. The third-order valence-corrected chi connectivity index (χ3v) is 8.01. The monoisotopic (exact) mass is 606 g/mol. The van der Waals surface area contributed by atoms with Crippen LogP contribution in [0.2, 0.25) is 0 Å². The van der Waals surface area contributed by atoms with E-state index in [1.807, 2.05) is 39.8 Å². The van der Waals surface area contributed by atoms with Gasteiger partial charge >= 0.3 is 0 Å². The molecule has 0 saturated carbocycles. The first kappa shape index (κ1) is 32.3. The third-order valence-electron chi connectivity index (χ3n) is 8.01. The molecule has 0 spiro atoms. The van der Waals surface area contributed by atoms with Gasteiger partial charge in [-0.15, -0.1) is 5.10 Å². The molecule has 1 aromatic heterocycles. The van der Waals surface area contributed by atoms with Crippen LogP contribution in [0.5, 0.6) is 17.2 Å². The van der Waals surface area contributed by atoms with Gasteiger partial charge in [-0.1, -0.05) is 40.2 Å². The van der Waals surface area contributed by atoms with Crippen molar-refractivity contribution in [3.05, 3.63) is 51.4 Å². The Balaban J connectivity index is 1.84. The number of carbonyl (C=O) groups is 2. The van der Waals surface area contributed by atoms with Crippen LogP contribution in [-0.2, 0) is 16.0 Å². The Kier molecular flexibility index (Phi) is 10.1. The number of fused-ring (bicyclic) bond motifs is 3. The van der Waals surface area contributed by atoms with E-state index in [2.05, 4.69) is 31.1 Å². The van der Waals surface area contributed by atoms with Crippen LogP contribution < -0.4 is 35.6 Å². The SMILES string of the molecule is CCC(C)C(Nc1ccc2c(cc1=O)C(NC(C)=O)CCc1cc(OC)c(OC)c(OC)c1-2)C(=O)Nc1n[nH]c(C(C)C)n1. The summed E-state index contributed by atoms with van der Waals surface area (Å²) >= 11 is 0. The fourth-order valence-corrected chi connectivity index (χ4v) is 5.47. The largest absolute Gasteiger partial charge is 0.493 e. The van der Waals surface area contributed by atoms with Crippen LogP contribution in [0.1, 0.15) is 76.4 Å². The third kappa shape index (κ3) is 6.63. The van der Waals surface area contributed by atoms with Gasteiger partial charge in [0.1, 0.15) is 11.9 Å². The summed E-state index contributed by atoms with van der Waals surface area (Å²) in [5.41, 5.74) is 2.91. The van der Waals surface area contributed by atoms with Gasteiger partial charge in [0.05, 0.1) is 33.1 Å². The average Bonchev–Trinajstić information content (AvgIpc) is 3.35. The highest BCUT2D eigenvalue weighted by molar-refractivity contribution is 5.95. The number of ether oxygens (including phenoxy) is 3. The van der Waals surface area contributed by atoms with Gasteiger partial charge in [-0.05, 0) is 53.6 Å². The molecule has 44 heavy (non-hydrogen) atoms. The molecular weight excluding hydrogens is 564 g/mol. The number of aromatic nitrogens is 3. The molecule has 3 aromatic rings. The minimum absolute atomic E-state index is 0.116. The average molecular weight is 607 g/mol. The molecule has 0 radical (unpaired) electrons. The van der Waals surface area contributed by atoms with Gasteiger partial charge in [0.2, 0.25) is 28.9 Å². The number of nitrogens with one attached hydrogen (secondary N) is 4. The first-order valence-electron chi connectivity index (χ1n) is 14.8. The lowest BCUT2D eigenvalue weighted by Crippen LogP contribution is -2.41. The van der Waals surface area contributed by atoms with Crippen LogP contribution in [0.25, 0.3) is 11.1 Å². The van der Waals surface area contributed by atoms with Crippen LogP contribution in [0.3, 0.4) is 0 Å². The molecule has 12 heteroatoms. The summed E-state index contributed by atoms with van der Waals surface area (Å²) in [7, 11) is 4.65. The number of anilines is 2. The Morgan fingerprint density at radius 3 is 2.39 bits per heavy atom. The van der Waals surface area contributed by atoms with Crippen LogP contribution in [0.4, 0.5) is 11.6 Å². The van der Waals surface area contributed by atoms with Crippen LogP contribution in [0.15, 0.2) is 29.1 Å². The maximum Gasteiger partial charge on any atom is 0.249 e. The van der Waals surface area contributed by atoms with Gasteiger partial charge < -0.3 is 24.8 Å². The molecule has 1 aliphatic carbocycles. The van der Waals surface area contributed by atoms with E-state index in [4.69, 9.17) is 14.2 Å². The van der Waals surface area contributed by atoms with Crippen LogP contribution in [0, 0.1) is 5.92 Å². The van der Waals surface area contributed by atoms with Crippen molar-refractivity contribution in [1.82, 2.24) is 20.5 Å². The van der Waals surface area contributed by atoms with Gasteiger partial charge in [0.25, 0.3) is 0 Å². The zero-order valence-corrected chi connectivity index (χ0v) is 26.6. The minimum atomic E-state index is -0.756. The van der Waals surface area contributed by atoms with E-state index in [-0.39, 0.29) is 40.7 Å². The second kappa shape index (κ2) is 13.8. The quantitative estimate of drug-likeness (QED) is 0.245. The first-order chi connectivity index (χ1) is 21.0. The molecule has 0 aliphatic heterocycles. The number of H-pyrrole nitrogens is 1. The highest BCUT2D eigenvalue weighted by Crippen LogP contribution is 2.50. The molecule has 3 unspecified atom stereocenters. The maximum atomic E-state index is 13.8. The van der Waals surface area contributed by atoms with E-state index in [9.17, 15) is 14.4 Å². The Morgan fingerprint density at radius 1 is 1.07 bits per heavy atom. The number of benzene rings is 1. The molecule has 12 nitrogen and oxygen atoms in total. The summed E-state index contributed by atoms with van der Waals surface area (Å²) in [5.74, 6) is 1.64. The van der Waals surface area contributed by atoms with Crippen molar-refractivity contribution >= 4 is 23.5 Å². The number of methoxy groups -OCH3 is 3. The smallest absolute Gasteiger partial charge is 0.249 e. The number of amides is 2. The van der Waals surface area contributed by atoms with Gasteiger partial charge in [0.15, 0.2) is 11.5 Å². The van der Waals surface area contributed by atoms with Crippen molar-refractivity contribution in [2.24, 2.45) is 5.92 Å². The zero-order chi connectivity index (χ0) is 32.1. The Morgan fingerprint density at radius 2 is 1.80 bits per heavy atom. The number of nitrogens with zero attached hydrogens (tertiary/aromatic N) is 2. The summed E-state index contributed by atoms with van der Waals surface area (Å²) in [5, 5.41) is 15.9. The topological polar surface area (TPSA) is 157 Å². The lowest BCUT2D eigenvalue weighted by atomic mass is 9.95. The Bertz CT molecular complexity index is 1590. The summed E-state index contributed by atoms with van der Waals surface area (Å²) in [6.45, 7) is 9.31. The summed E-state index contributed by atoms with van der Waals surface area (Å²) in [6, 6.07) is 5.72. The second-order valence-electron chi connectivity index (χ2n) is 11.3. The summed E-state index contributed by atoms with van der Waals surface area (Å²) in [4.78, 5) is 43.9. The maximum absolute atomic E-state index is 13.8. The minimum Gasteiger partial charge on any atom is -0.493 e. The molecule has 2 amide bonds. The molecule has 236 valence electrons. The number of rotatable bonds is 11. The molecule has 4 rings (SSSR count). The first-order valence-corrected chi connectivity index (χ1v) is 14.8. The lowest BCUT2D eigenvalue weighted by molar-refractivity contribution is -0.120. The predicted molar refractivity (Wildman–Crippen MR) is 169 cm³/mol. The number of hydrogen-bond acceptors (Lipinski definition) is 9. The fraction of sp³-hybridized carbons (Fsp3) is 0.469. The van der Waals surface area contributed by atoms with Crippen molar-refractivity contribution in [1.29, 1.82) is 0 Å². The van der Waals surface area contributed by atoms with Crippen LogP contribution in [-0.4, -0.2) is 54.4 Å². The fourth-order valence-electron chi connectivity index (χ4n) is 5.47. The number of hydrogen-bond donors (Lipinski definition) is 4. The van der Waals surface area contributed by atoms with E-state index >= 15 is 0 Å². The molecule has 1 heterocycles. The lowest BCUT2D eigenvalue weighted by Gasteiger charge is -2.23. The zero-order valence-electron chi connectivity index (χ0n) is 26.6. The predicted octanol–water partition coefficient (Wildman–Crippen LogP) is 4.57. The second-order valence-corrected chi connectivity index (χ2v) is 11.3. The summed E-state index contributed by atoms with van der Waals surface area (Å²) < 4.78 is 17.1. The van der Waals surface area contributed by atoms with Crippen molar-refractivity contribution in [3.8, 4) is 28.4 Å². The van der Waals surface area contributed by atoms with E-state index < -0.39 is 12.1 Å². The number of aryl methyl sites for hydroxylation is 1. The van der Waals surface area contributed by atoms with Crippen molar-refractivity contribution in [2.45, 2.75) is 71.9 Å². The standard InChI is InChI=1S/C32H42N6O6/c1-9-17(4)27(31(41)36-32-35-30(16(2)3)37-38-32)34-23-13-11-20-21(15-24(23)40)22(33-18(5)39)12-10-19-14-25(42-6)28(43-7)29(44-8)26(19)20/h11,13-17,22,27H,9-10,12H2,1-8H3,(H,33,39)(H,34,40)(H2,35,36,37,38,41). The molecule has 0 saturated heterocycles. The number of carbonyl (C=O) groups excluding carboxylic acids is 2. The van der Waals surface area contributed by atoms with Crippen molar-refractivity contribution in [3.63, 3.8) is 0 Å². The molecular formula is C32H42N6O6. The summed E-state index contributed by atoms with van der Waals surface area (Å²) in [6.07, 6.45) is 1.80. The molecule has 4 N–H and O–H groups in total. The Hall–Kier alpha value is -4.61. The molecule has 2 aromatic carbocycles. The highest BCUT2D eigenvalue weighted by atomic mass is 16.5. The number of aromatic amines is 1. The Labute approximate surface area is 257 Å². The highest BCUT2D eigenvalue weighted by Gasteiger charge is 2.30. The molecule has 0 fully saturated rings. The van der Waals surface area contributed by atoms with Gasteiger partial charge in [-0.3, -0.25) is 24.8 Å². The van der Waals surface area contributed by atoms with Gasteiger partial charge in [-0.2, -0.15) is 4.98 Å². The van der Waals surface area contributed by atoms with E-state index in [1.54, 1.807) is 20.3 Å². The molecule has 0 bridgehead atoms. The van der Waals surface area contributed by atoms with E-state index in [0.717, 1.165) is 11.1 Å². The van der Waals surface area contributed by atoms with E-state index in [0.29, 0.717) is 53.5 Å².